The van der Waals surface area contributed by atoms with Crippen LogP contribution in [-0.2, 0) is 11.3 Å². The number of rotatable bonds is 3. The number of carbonyl (C=O) groups is 1. The first kappa shape index (κ1) is 12.0. The van der Waals surface area contributed by atoms with E-state index >= 15 is 0 Å². The number of benzene rings is 1. The Morgan fingerprint density at radius 3 is 2.82 bits per heavy atom. The van der Waals surface area contributed by atoms with Gasteiger partial charge >= 0.3 is 0 Å². The van der Waals surface area contributed by atoms with E-state index in [-0.39, 0.29) is 11.6 Å². The average Bonchev–Trinajstić information content (AvgIpc) is 2.67. The van der Waals surface area contributed by atoms with Gasteiger partial charge in [0, 0.05) is 25.6 Å². The van der Waals surface area contributed by atoms with E-state index in [4.69, 9.17) is 0 Å². The maximum atomic E-state index is 11.5. The number of hydrogen-bond donors (Lipinski definition) is 0. The lowest BCUT2D eigenvalue weighted by molar-refractivity contribution is -0.385. The maximum absolute atomic E-state index is 11.5. The first-order chi connectivity index (χ1) is 8.09. The van der Waals surface area contributed by atoms with E-state index in [1.165, 1.54) is 6.07 Å². The van der Waals surface area contributed by atoms with Gasteiger partial charge in [0.15, 0.2) is 0 Å². The fourth-order valence-electron chi connectivity index (χ4n) is 1.91. The second kappa shape index (κ2) is 4.83. The molecule has 1 amide bonds. The van der Waals surface area contributed by atoms with E-state index in [1.54, 1.807) is 17.0 Å². The average molecular weight is 299 g/mol. The van der Waals surface area contributed by atoms with Gasteiger partial charge in [-0.25, -0.2) is 0 Å². The minimum Gasteiger partial charge on any atom is -0.338 e. The largest absolute Gasteiger partial charge is 0.338 e. The Hall–Kier alpha value is -1.43. The number of halogens is 1. The van der Waals surface area contributed by atoms with Crippen LogP contribution in [0.3, 0.4) is 0 Å². The number of carbonyl (C=O) groups excluding carboxylic acids is 1. The summed E-state index contributed by atoms with van der Waals surface area (Å²) in [5, 5.41) is 10.8. The van der Waals surface area contributed by atoms with Crippen molar-refractivity contribution in [3.05, 3.63) is 38.3 Å². The first-order valence-electron chi connectivity index (χ1n) is 5.29. The molecule has 1 aliphatic rings. The minimum absolute atomic E-state index is 0.0362. The molecule has 1 heterocycles. The van der Waals surface area contributed by atoms with Crippen LogP contribution in [0.15, 0.2) is 22.7 Å². The molecule has 0 bridgehead atoms. The van der Waals surface area contributed by atoms with Gasteiger partial charge in [-0.2, -0.15) is 0 Å². The summed E-state index contributed by atoms with van der Waals surface area (Å²) in [7, 11) is 0. The molecule has 0 atom stereocenters. The van der Waals surface area contributed by atoms with Crippen molar-refractivity contribution in [3.63, 3.8) is 0 Å². The third-order valence-electron chi connectivity index (χ3n) is 2.79. The molecule has 1 aliphatic heterocycles. The van der Waals surface area contributed by atoms with Crippen molar-refractivity contribution in [1.29, 1.82) is 0 Å². The Bertz CT molecular complexity index is 476. The van der Waals surface area contributed by atoms with Crippen molar-refractivity contribution >= 4 is 27.5 Å². The summed E-state index contributed by atoms with van der Waals surface area (Å²) >= 11 is 3.23. The standard InChI is InChI=1S/C11H11BrN2O3/c12-11-8(3-1-4-9(11)14(16)17)7-13-6-2-5-10(13)15/h1,3-4H,2,5-7H2. The van der Waals surface area contributed by atoms with Gasteiger partial charge in [-0.1, -0.05) is 12.1 Å². The van der Waals surface area contributed by atoms with Crippen LogP contribution in [0.5, 0.6) is 0 Å². The van der Waals surface area contributed by atoms with Crippen molar-refractivity contribution < 1.29 is 9.72 Å². The van der Waals surface area contributed by atoms with Crippen molar-refractivity contribution in [3.8, 4) is 0 Å². The highest BCUT2D eigenvalue weighted by Crippen LogP contribution is 2.29. The molecule has 0 unspecified atom stereocenters. The molecule has 0 aromatic heterocycles. The number of nitrogens with zero attached hydrogens (tertiary/aromatic N) is 2. The Labute approximate surface area is 107 Å². The predicted molar refractivity (Wildman–Crippen MR) is 65.4 cm³/mol. The molecule has 1 fully saturated rings. The lowest BCUT2D eigenvalue weighted by atomic mass is 10.2. The lowest BCUT2D eigenvalue weighted by Gasteiger charge is -2.16. The van der Waals surface area contributed by atoms with Crippen LogP contribution in [-0.4, -0.2) is 22.3 Å². The van der Waals surface area contributed by atoms with Gasteiger partial charge in [0.05, 0.1) is 4.92 Å². The molecular weight excluding hydrogens is 288 g/mol. The third-order valence-corrected chi connectivity index (χ3v) is 3.70. The first-order valence-corrected chi connectivity index (χ1v) is 6.08. The summed E-state index contributed by atoms with van der Waals surface area (Å²) < 4.78 is 0.463. The molecule has 90 valence electrons. The van der Waals surface area contributed by atoms with Crippen LogP contribution in [0.4, 0.5) is 5.69 Å². The smallest absolute Gasteiger partial charge is 0.283 e. The zero-order valence-electron chi connectivity index (χ0n) is 9.06. The fourth-order valence-corrected chi connectivity index (χ4v) is 2.44. The molecule has 0 spiro atoms. The van der Waals surface area contributed by atoms with Gasteiger partial charge in [-0.05, 0) is 27.9 Å². The van der Waals surface area contributed by atoms with Crippen LogP contribution >= 0.6 is 15.9 Å². The van der Waals surface area contributed by atoms with E-state index in [9.17, 15) is 14.9 Å². The van der Waals surface area contributed by atoms with E-state index < -0.39 is 4.92 Å². The molecule has 1 aromatic carbocycles. The van der Waals surface area contributed by atoms with Crippen molar-refractivity contribution in [2.75, 3.05) is 6.54 Å². The summed E-state index contributed by atoms with van der Waals surface area (Å²) in [6.45, 7) is 1.16. The van der Waals surface area contributed by atoms with Gasteiger partial charge in [0.1, 0.15) is 4.47 Å². The van der Waals surface area contributed by atoms with Crippen LogP contribution in [0, 0.1) is 10.1 Å². The van der Waals surface area contributed by atoms with Gasteiger partial charge in [-0.15, -0.1) is 0 Å². The summed E-state index contributed by atoms with van der Waals surface area (Å²) in [5.74, 6) is 0.114. The Morgan fingerprint density at radius 2 is 2.24 bits per heavy atom. The number of amides is 1. The van der Waals surface area contributed by atoms with Crippen LogP contribution in [0.2, 0.25) is 0 Å². The van der Waals surface area contributed by atoms with E-state index in [0.717, 1.165) is 18.5 Å². The van der Waals surface area contributed by atoms with Crippen molar-refractivity contribution in [2.45, 2.75) is 19.4 Å². The zero-order chi connectivity index (χ0) is 12.4. The SMILES string of the molecule is O=C1CCCN1Cc1cccc([N+](=O)[O-])c1Br. The normalized spacial score (nSPS) is 15.4. The van der Waals surface area contributed by atoms with Gasteiger partial charge < -0.3 is 4.90 Å². The van der Waals surface area contributed by atoms with Crippen molar-refractivity contribution in [1.82, 2.24) is 4.90 Å². The number of nitro benzene ring substituents is 1. The molecule has 0 radical (unpaired) electrons. The molecular formula is C11H11BrN2O3. The molecule has 6 heteroatoms. The maximum Gasteiger partial charge on any atom is 0.283 e. The predicted octanol–water partition coefficient (Wildman–Crippen LogP) is 2.48. The van der Waals surface area contributed by atoms with Crippen molar-refractivity contribution in [2.24, 2.45) is 0 Å². The number of nitro groups is 1. The minimum atomic E-state index is -0.431. The Kier molecular flexibility index (Phi) is 3.42. The summed E-state index contributed by atoms with van der Waals surface area (Å²) in [6.07, 6.45) is 1.44. The second-order valence-corrected chi connectivity index (χ2v) is 4.72. The Morgan fingerprint density at radius 1 is 1.47 bits per heavy atom. The number of hydrogen-bond acceptors (Lipinski definition) is 3. The quantitative estimate of drug-likeness (QED) is 0.636. The summed E-state index contributed by atoms with van der Waals surface area (Å²) in [6, 6.07) is 4.88. The van der Waals surface area contributed by atoms with E-state index in [2.05, 4.69) is 15.9 Å². The summed E-state index contributed by atoms with van der Waals surface area (Å²) in [4.78, 5) is 23.6. The Balaban J connectivity index is 2.24. The third kappa shape index (κ3) is 2.46. The molecule has 17 heavy (non-hydrogen) atoms. The highest BCUT2D eigenvalue weighted by Gasteiger charge is 2.22. The number of likely N-dealkylation sites (tertiary alicyclic amines) is 1. The molecule has 5 nitrogen and oxygen atoms in total. The molecule has 0 N–H and O–H groups in total. The molecule has 2 rings (SSSR count). The van der Waals surface area contributed by atoms with Gasteiger partial charge in [-0.3, -0.25) is 14.9 Å². The zero-order valence-corrected chi connectivity index (χ0v) is 10.6. The van der Waals surface area contributed by atoms with Crippen LogP contribution in [0.25, 0.3) is 0 Å². The van der Waals surface area contributed by atoms with E-state index in [1.807, 2.05) is 0 Å². The monoisotopic (exact) mass is 298 g/mol. The molecule has 1 saturated heterocycles. The van der Waals surface area contributed by atoms with Crippen LogP contribution in [0.1, 0.15) is 18.4 Å². The van der Waals surface area contributed by atoms with Crippen LogP contribution < -0.4 is 0 Å². The highest BCUT2D eigenvalue weighted by molar-refractivity contribution is 9.10. The fraction of sp³-hybridized carbons (Fsp3) is 0.364. The summed E-state index contributed by atoms with van der Waals surface area (Å²) in [5.41, 5.74) is 0.809. The van der Waals surface area contributed by atoms with Gasteiger partial charge in [0.25, 0.3) is 5.69 Å². The molecule has 0 aliphatic carbocycles. The molecule has 0 saturated carbocycles. The van der Waals surface area contributed by atoms with Gasteiger partial charge in [0.2, 0.25) is 5.91 Å². The second-order valence-electron chi connectivity index (χ2n) is 3.93. The van der Waals surface area contributed by atoms with E-state index in [0.29, 0.717) is 17.4 Å². The topological polar surface area (TPSA) is 63.5 Å². The highest BCUT2D eigenvalue weighted by atomic mass is 79.9. The molecule has 1 aromatic rings. The lowest BCUT2D eigenvalue weighted by Crippen LogP contribution is -2.24.